The molecule has 1 aromatic heterocycles. The summed E-state index contributed by atoms with van der Waals surface area (Å²) in [6.07, 6.45) is 4.06. The summed E-state index contributed by atoms with van der Waals surface area (Å²) < 4.78 is 59.3. The van der Waals surface area contributed by atoms with Gasteiger partial charge in [0.1, 0.15) is 11.6 Å². The lowest BCUT2D eigenvalue weighted by atomic mass is 9.79. The number of rotatable bonds is 6. The Hall–Kier alpha value is -3.15. The van der Waals surface area contributed by atoms with Crippen molar-refractivity contribution >= 4 is 6.09 Å². The number of carbonyl (C=O) groups is 1. The Morgan fingerprint density at radius 1 is 1.24 bits per heavy atom. The lowest BCUT2D eigenvalue weighted by Crippen LogP contribution is -2.40. The summed E-state index contributed by atoms with van der Waals surface area (Å²) in [6, 6.07) is 5.00. The molecular weight excluding hydrogens is 450 g/mol. The molecule has 0 radical (unpaired) electrons. The van der Waals surface area contributed by atoms with Crippen LogP contribution in [-0.4, -0.2) is 47.3 Å². The molecule has 9 heteroatoms. The van der Waals surface area contributed by atoms with Crippen molar-refractivity contribution in [3.63, 3.8) is 0 Å². The van der Waals surface area contributed by atoms with Gasteiger partial charge in [-0.05, 0) is 43.5 Å². The van der Waals surface area contributed by atoms with Crippen molar-refractivity contribution in [1.29, 1.82) is 0 Å². The fourth-order valence-corrected chi connectivity index (χ4v) is 3.77. The number of hydrogen-bond acceptors (Lipinski definition) is 4. The Bertz CT molecular complexity index is 990. The number of halogens is 4. The van der Waals surface area contributed by atoms with Gasteiger partial charge in [-0.25, -0.2) is 22.4 Å². The number of carbonyl (C=O) groups excluding carboxylic acids is 1. The highest BCUT2D eigenvalue weighted by Crippen LogP contribution is 2.36. The predicted octanol–water partition coefficient (Wildman–Crippen LogP) is 5.84. The Balaban J connectivity index is 0.00000129. The van der Waals surface area contributed by atoms with E-state index in [1.54, 1.807) is 6.92 Å². The van der Waals surface area contributed by atoms with Gasteiger partial charge in [-0.2, -0.15) is 10.2 Å². The zero-order valence-corrected chi connectivity index (χ0v) is 19.5. The molecule has 34 heavy (non-hydrogen) atoms. The maximum atomic E-state index is 14.2. The number of ether oxygens (including phenoxy) is 1. The van der Waals surface area contributed by atoms with Crippen molar-refractivity contribution in [3.8, 4) is 23.6 Å². The van der Waals surface area contributed by atoms with Gasteiger partial charge < -0.3 is 9.64 Å². The second kappa shape index (κ2) is 12.9. The second-order valence-corrected chi connectivity index (χ2v) is 7.94. The largest absolute Gasteiger partial charge is 0.450 e. The van der Waals surface area contributed by atoms with Crippen LogP contribution >= 0.6 is 0 Å². The first-order valence-corrected chi connectivity index (χ1v) is 11.2. The summed E-state index contributed by atoms with van der Waals surface area (Å²) in [5.41, 5.74) is 0.798. The number of fused-ring (bicyclic) bond motifs is 1. The van der Waals surface area contributed by atoms with Crippen LogP contribution < -0.4 is 0 Å². The van der Waals surface area contributed by atoms with Crippen LogP contribution in [-0.2, 0) is 11.2 Å². The number of amides is 1. The van der Waals surface area contributed by atoms with E-state index in [1.807, 2.05) is 0 Å². The molecule has 0 saturated heterocycles. The molecule has 1 aliphatic rings. The van der Waals surface area contributed by atoms with Crippen LogP contribution in [0.25, 0.3) is 11.3 Å². The highest BCUT2D eigenvalue weighted by molar-refractivity contribution is 5.68. The van der Waals surface area contributed by atoms with Crippen molar-refractivity contribution in [2.24, 2.45) is 5.92 Å². The predicted molar refractivity (Wildman–Crippen MR) is 121 cm³/mol. The van der Waals surface area contributed by atoms with E-state index in [2.05, 4.69) is 30.0 Å². The van der Waals surface area contributed by atoms with E-state index in [-0.39, 0.29) is 30.3 Å². The summed E-state index contributed by atoms with van der Waals surface area (Å²) in [6.45, 7) is 5.00. The summed E-state index contributed by atoms with van der Waals surface area (Å²) in [5.74, 6) is 0.365. The van der Waals surface area contributed by atoms with E-state index in [0.29, 0.717) is 24.1 Å². The number of terminal acetylenes is 1. The molecule has 5 nitrogen and oxygen atoms in total. The number of alkyl halides is 2. The Morgan fingerprint density at radius 3 is 2.44 bits per heavy atom. The van der Waals surface area contributed by atoms with E-state index in [1.165, 1.54) is 18.6 Å². The SMILES string of the molecule is C#CC1Cc2cc(-c3c(F)cccc3F)nnc2C(CN(CC(F)F)C(=O)OCC)C1.CCC. The lowest BCUT2D eigenvalue weighted by Gasteiger charge is -2.32. The molecule has 1 aromatic carbocycles. The molecule has 0 aliphatic heterocycles. The summed E-state index contributed by atoms with van der Waals surface area (Å²) in [4.78, 5) is 13.1. The van der Waals surface area contributed by atoms with Crippen molar-refractivity contribution in [3.05, 3.63) is 47.2 Å². The maximum Gasteiger partial charge on any atom is 0.409 e. The minimum Gasteiger partial charge on any atom is -0.450 e. The zero-order valence-electron chi connectivity index (χ0n) is 19.5. The molecule has 0 saturated carbocycles. The van der Waals surface area contributed by atoms with Gasteiger partial charge in [0.15, 0.2) is 0 Å². The topological polar surface area (TPSA) is 55.3 Å². The van der Waals surface area contributed by atoms with Crippen LogP contribution in [0.5, 0.6) is 0 Å². The van der Waals surface area contributed by atoms with Crippen LogP contribution in [0.4, 0.5) is 22.4 Å². The van der Waals surface area contributed by atoms with Gasteiger partial charge in [-0.3, -0.25) is 0 Å². The summed E-state index contributed by atoms with van der Waals surface area (Å²) in [7, 11) is 0. The summed E-state index contributed by atoms with van der Waals surface area (Å²) >= 11 is 0. The van der Waals surface area contributed by atoms with Crippen LogP contribution in [0.2, 0.25) is 0 Å². The molecule has 2 aromatic rings. The minimum atomic E-state index is -2.74. The Kier molecular flexibility index (Phi) is 10.3. The molecule has 1 heterocycles. The average molecular weight is 480 g/mol. The highest BCUT2D eigenvalue weighted by atomic mass is 19.3. The first-order valence-electron chi connectivity index (χ1n) is 11.2. The van der Waals surface area contributed by atoms with Gasteiger partial charge in [0.05, 0.1) is 30.1 Å². The summed E-state index contributed by atoms with van der Waals surface area (Å²) in [5, 5.41) is 8.12. The fraction of sp³-hybridized carbons (Fsp3) is 0.480. The third-order valence-corrected chi connectivity index (χ3v) is 5.11. The maximum absolute atomic E-state index is 14.2. The van der Waals surface area contributed by atoms with Crippen LogP contribution in [0, 0.1) is 29.9 Å². The van der Waals surface area contributed by atoms with Gasteiger partial charge in [0, 0.05) is 18.4 Å². The molecule has 1 amide bonds. The Labute approximate surface area is 197 Å². The van der Waals surface area contributed by atoms with E-state index in [0.717, 1.165) is 17.0 Å². The first kappa shape index (κ1) is 27.1. The lowest BCUT2D eigenvalue weighted by molar-refractivity contribution is 0.0595. The minimum absolute atomic E-state index is 0.0144. The normalized spacial score (nSPS) is 16.7. The van der Waals surface area contributed by atoms with Gasteiger partial charge in [-0.1, -0.05) is 26.3 Å². The van der Waals surface area contributed by atoms with Crippen molar-refractivity contribution in [2.45, 2.75) is 52.4 Å². The quantitative estimate of drug-likeness (QED) is 0.386. The Morgan fingerprint density at radius 2 is 1.88 bits per heavy atom. The zero-order chi connectivity index (χ0) is 25.3. The molecular formula is C25H29F4N3O2. The second-order valence-electron chi connectivity index (χ2n) is 7.94. The van der Waals surface area contributed by atoms with Crippen molar-refractivity contribution < 1.29 is 27.1 Å². The first-order chi connectivity index (χ1) is 16.2. The van der Waals surface area contributed by atoms with E-state index in [9.17, 15) is 22.4 Å². The molecule has 1 aliphatic carbocycles. The molecule has 0 spiro atoms. The van der Waals surface area contributed by atoms with Gasteiger partial charge in [0.2, 0.25) is 0 Å². The third kappa shape index (κ3) is 6.92. The third-order valence-electron chi connectivity index (χ3n) is 5.11. The van der Waals surface area contributed by atoms with E-state index in [4.69, 9.17) is 11.2 Å². The fourth-order valence-electron chi connectivity index (χ4n) is 3.77. The van der Waals surface area contributed by atoms with Crippen molar-refractivity contribution in [1.82, 2.24) is 15.1 Å². The number of benzene rings is 1. The molecule has 2 atom stereocenters. The number of aromatic nitrogens is 2. The number of hydrogen-bond donors (Lipinski definition) is 0. The molecule has 184 valence electrons. The monoisotopic (exact) mass is 479 g/mol. The standard InChI is InChI=1S/C22H21F4N3O2.C3H8/c1-3-13-8-14-10-18(20-16(23)6-5-7-17(20)24)27-28-21(14)15(9-13)11-29(12-19(25)26)22(30)31-4-2;1-3-2/h1,5-7,10,13,15,19H,4,8-9,11-12H2,2H3;3H2,1-2H3. The molecule has 2 unspecified atom stereocenters. The van der Waals surface area contributed by atoms with Gasteiger partial charge in [0.25, 0.3) is 6.43 Å². The van der Waals surface area contributed by atoms with E-state index >= 15 is 0 Å². The molecule has 3 rings (SSSR count). The van der Waals surface area contributed by atoms with E-state index < -0.39 is 36.6 Å². The van der Waals surface area contributed by atoms with Crippen LogP contribution in [0.15, 0.2) is 24.3 Å². The van der Waals surface area contributed by atoms with Gasteiger partial charge in [-0.15, -0.1) is 12.3 Å². The molecule has 0 fully saturated rings. The highest BCUT2D eigenvalue weighted by Gasteiger charge is 2.32. The molecule has 0 bridgehead atoms. The smallest absolute Gasteiger partial charge is 0.409 e. The van der Waals surface area contributed by atoms with Crippen LogP contribution in [0.1, 0.15) is 50.8 Å². The van der Waals surface area contributed by atoms with Crippen molar-refractivity contribution in [2.75, 3.05) is 19.7 Å². The number of nitrogens with zero attached hydrogens (tertiary/aromatic N) is 3. The molecule has 0 N–H and O–H groups in total. The van der Waals surface area contributed by atoms with Crippen LogP contribution in [0.3, 0.4) is 0 Å². The van der Waals surface area contributed by atoms with Gasteiger partial charge >= 0.3 is 6.09 Å². The average Bonchev–Trinajstić information content (AvgIpc) is 2.78.